The number of hydrogen-bond donors (Lipinski definition) is 0. The van der Waals surface area contributed by atoms with Gasteiger partial charge in [-0.25, -0.2) is 0 Å². The van der Waals surface area contributed by atoms with Crippen LogP contribution in [0.4, 0.5) is 0 Å². The lowest BCUT2D eigenvalue weighted by atomic mass is 10.1. The summed E-state index contributed by atoms with van der Waals surface area (Å²) in [5, 5.41) is 0.896. The van der Waals surface area contributed by atoms with Crippen LogP contribution in [-0.2, 0) is 13.2 Å². The topological polar surface area (TPSA) is 49.7 Å². The van der Waals surface area contributed by atoms with E-state index < -0.39 is 0 Å². The van der Waals surface area contributed by atoms with Crippen LogP contribution in [0.1, 0.15) is 90.5 Å². The van der Waals surface area contributed by atoms with Crippen LogP contribution < -0.4 is 19.8 Å². The molecule has 1 heterocycles. The third-order valence-electron chi connectivity index (χ3n) is 6.62. The van der Waals surface area contributed by atoms with Gasteiger partial charge in [0.1, 0.15) is 12.4 Å². The van der Waals surface area contributed by atoms with E-state index in [0.29, 0.717) is 37.9 Å². The molecule has 0 aliphatic heterocycles. The van der Waals surface area contributed by atoms with Gasteiger partial charge in [0.2, 0.25) is 5.75 Å². The first-order valence-corrected chi connectivity index (χ1v) is 14.3. The number of unbranched alkanes of at least 4 members (excludes halogenated alkanes) is 7. The van der Waals surface area contributed by atoms with Crippen LogP contribution >= 0.6 is 0 Å². The Morgan fingerprint density at radius 1 is 0.676 bits per heavy atom. The van der Waals surface area contributed by atoms with Crippen LogP contribution in [0.3, 0.4) is 0 Å². The fraction of sp³-hybridized carbons (Fsp3) is 0.531. The van der Waals surface area contributed by atoms with Gasteiger partial charge in [-0.3, -0.25) is 4.79 Å². The summed E-state index contributed by atoms with van der Waals surface area (Å²) in [6.45, 7) is 8.70. The Hall–Kier alpha value is -2.95. The highest BCUT2D eigenvalue weighted by molar-refractivity contribution is 5.89. The summed E-state index contributed by atoms with van der Waals surface area (Å²) in [5.74, 6) is 1.64. The Bertz CT molecular complexity index is 1120. The van der Waals surface area contributed by atoms with Crippen molar-refractivity contribution < 1.29 is 14.2 Å². The molecule has 0 atom stereocenters. The third kappa shape index (κ3) is 8.55. The molecule has 0 saturated heterocycles. The lowest BCUT2D eigenvalue weighted by Crippen LogP contribution is -2.24. The first kappa shape index (κ1) is 28.6. The molecule has 0 saturated carbocycles. The van der Waals surface area contributed by atoms with Gasteiger partial charge in [0.05, 0.1) is 18.7 Å². The molecule has 0 spiro atoms. The van der Waals surface area contributed by atoms with Gasteiger partial charge in [-0.05, 0) is 37.0 Å². The standard InChI is InChI=1S/C32H45NO4/c1-4-7-10-11-12-16-21-33-29-24-27(35-22-8-5-2)19-20-28(29)30(36-23-9-6-3)31(32(33)34)37-25-26-17-14-13-15-18-26/h13-15,17-20,24H,4-12,16,21-23,25H2,1-3H3. The maximum absolute atomic E-state index is 13.9. The number of hydrogen-bond acceptors (Lipinski definition) is 4. The molecule has 3 aromatic rings. The maximum atomic E-state index is 13.9. The van der Waals surface area contributed by atoms with Gasteiger partial charge in [0, 0.05) is 18.0 Å². The molecule has 3 rings (SSSR count). The van der Waals surface area contributed by atoms with Crippen molar-refractivity contribution in [1.82, 2.24) is 4.57 Å². The van der Waals surface area contributed by atoms with Crippen LogP contribution in [0.2, 0.25) is 0 Å². The van der Waals surface area contributed by atoms with E-state index >= 15 is 0 Å². The molecular weight excluding hydrogens is 462 g/mol. The van der Waals surface area contributed by atoms with E-state index in [9.17, 15) is 4.79 Å². The van der Waals surface area contributed by atoms with Gasteiger partial charge in [-0.2, -0.15) is 0 Å². The van der Waals surface area contributed by atoms with Gasteiger partial charge in [0.25, 0.3) is 5.56 Å². The molecule has 202 valence electrons. The van der Waals surface area contributed by atoms with E-state index in [2.05, 4.69) is 20.8 Å². The molecule has 2 aromatic carbocycles. The molecule has 37 heavy (non-hydrogen) atoms. The van der Waals surface area contributed by atoms with Crippen molar-refractivity contribution in [2.24, 2.45) is 0 Å². The van der Waals surface area contributed by atoms with E-state index in [0.717, 1.165) is 60.7 Å². The molecule has 0 fully saturated rings. The summed E-state index contributed by atoms with van der Waals surface area (Å²) < 4.78 is 20.3. The lowest BCUT2D eigenvalue weighted by molar-refractivity contribution is 0.256. The monoisotopic (exact) mass is 507 g/mol. The lowest BCUT2D eigenvalue weighted by Gasteiger charge is -2.19. The summed E-state index contributed by atoms with van der Waals surface area (Å²) in [4.78, 5) is 13.9. The van der Waals surface area contributed by atoms with Gasteiger partial charge in [-0.15, -0.1) is 0 Å². The zero-order chi connectivity index (χ0) is 26.3. The summed E-state index contributed by atoms with van der Waals surface area (Å²) in [6.07, 6.45) is 11.0. The summed E-state index contributed by atoms with van der Waals surface area (Å²) in [5.41, 5.74) is 1.74. The number of rotatable bonds is 18. The Balaban J connectivity index is 2.00. The average Bonchev–Trinajstić information content (AvgIpc) is 2.92. The second-order valence-corrected chi connectivity index (χ2v) is 9.74. The summed E-state index contributed by atoms with van der Waals surface area (Å²) >= 11 is 0. The minimum Gasteiger partial charge on any atom is -0.494 e. The number of pyridine rings is 1. The molecule has 5 heteroatoms. The molecule has 1 aromatic heterocycles. The highest BCUT2D eigenvalue weighted by Crippen LogP contribution is 2.35. The van der Waals surface area contributed by atoms with E-state index in [1.54, 1.807) is 0 Å². The number of fused-ring (bicyclic) bond motifs is 1. The fourth-order valence-electron chi connectivity index (χ4n) is 4.39. The molecule has 0 unspecified atom stereocenters. The van der Waals surface area contributed by atoms with Crippen molar-refractivity contribution in [2.75, 3.05) is 13.2 Å². The van der Waals surface area contributed by atoms with Crippen LogP contribution in [0.5, 0.6) is 17.2 Å². The first-order valence-electron chi connectivity index (χ1n) is 14.3. The predicted molar refractivity (Wildman–Crippen MR) is 153 cm³/mol. The van der Waals surface area contributed by atoms with E-state index in [1.165, 1.54) is 25.7 Å². The Morgan fingerprint density at radius 2 is 1.35 bits per heavy atom. The second kappa shape index (κ2) is 16.0. The minimum atomic E-state index is -0.130. The van der Waals surface area contributed by atoms with Crippen molar-refractivity contribution in [3.05, 3.63) is 64.4 Å². The SMILES string of the molecule is CCCCCCCCn1c(=O)c(OCc2ccccc2)c(OCCCC)c2ccc(OCCCC)cc21. The summed E-state index contributed by atoms with van der Waals surface area (Å²) in [6, 6.07) is 15.9. The molecule has 0 aliphatic rings. The van der Waals surface area contributed by atoms with E-state index in [1.807, 2.05) is 53.1 Å². The normalized spacial score (nSPS) is 11.1. The highest BCUT2D eigenvalue weighted by Gasteiger charge is 2.20. The maximum Gasteiger partial charge on any atom is 0.297 e. The highest BCUT2D eigenvalue weighted by atomic mass is 16.5. The second-order valence-electron chi connectivity index (χ2n) is 9.74. The van der Waals surface area contributed by atoms with Crippen molar-refractivity contribution in [1.29, 1.82) is 0 Å². The van der Waals surface area contributed by atoms with Gasteiger partial charge in [-0.1, -0.05) is 96.0 Å². The Morgan fingerprint density at radius 3 is 2.08 bits per heavy atom. The molecule has 0 radical (unpaired) electrons. The van der Waals surface area contributed by atoms with Gasteiger partial charge in [0.15, 0.2) is 5.75 Å². The van der Waals surface area contributed by atoms with Crippen molar-refractivity contribution >= 4 is 10.9 Å². The quantitative estimate of drug-likeness (QED) is 0.162. The first-order chi connectivity index (χ1) is 18.2. The molecule has 5 nitrogen and oxygen atoms in total. The number of aryl methyl sites for hydroxylation is 1. The zero-order valence-electron chi connectivity index (χ0n) is 23.1. The molecule has 0 N–H and O–H groups in total. The molecule has 0 amide bonds. The number of benzene rings is 2. The third-order valence-corrected chi connectivity index (χ3v) is 6.62. The van der Waals surface area contributed by atoms with Crippen LogP contribution in [0.25, 0.3) is 10.9 Å². The van der Waals surface area contributed by atoms with Crippen LogP contribution in [0, 0.1) is 0 Å². The van der Waals surface area contributed by atoms with E-state index in [4.69, 9.17) is 14.2 Å². The largest absolute Gasteiger partial charge is 0.494 e. The Labute approximate surface area is 222 Å². The van der Waals surface area contributed by atoms with Crippen LogP contribution in [0.15, 0.2) is 53.3 Å². The number of nitrogens with zero attached hydrogens (tertiary/aromatic N) is 1. The van der Waals surface area contributed by atoms with Crippen molar-refractivity contribution in [3.63, 3.8) is 0 Å². The summed E-state index contributed by atoms with van der Waals surface area (Å²) in [7, 11) is 0. The molecule has 0 bridgehead atoms. The average molecular weight is 508 g/mol. The van der Waals surface area contributed by atoms with Crippen LogP contribution in [-0.4, -0.2) is 17.8 Å². The molecule has 0 aliphatic carbocycles. The zero-order valence-corrected chi connectivity index (χ0v) is 23.1. The fourth-order valence-corrected chi connectivity index (χ4v) is 4.39. The minimum absolute atomic E-state index is 0.130. The smallest absolute Gasteiger partial charge is 0.297 e. The van der Waals surface area contributed by atoms with Crippen molar-refractivity contribution in [3.8, 4) is 17.2 Å². The Kier molecular flexibility index (Phi) is 12.4. The van der Waals surface area contributed by atoms with Gasteiger partial charge < -0.3 is 18.8 Å². The van der Waals surface area contributed by atoms with E-state index in [-0.39, 0.29) is 5.56 Å². The van der Waals surface area contributed by atoms with Crippen molar-refractivity contribution in [2.45, 2.75) is 98.1 Å². The van der Waals surface area contributed by atoms with Gasteiger partial charge >= 0.3 is 0 Å². The predicted octanol–water partition coefficient (Wildman–Crippen LogP) is 8.30. The number of ether oxygens (including phenoxy) is 3. The number of aromatic nitrogens is 1. The molecular formula is C32H45NO4.